The van der Waals surface area contributed by atoms with Gasteiger partial charge in [0.1, 0.15) is 0 Å². The maximum Gasteiger partial charge on any atom is 0.0433 e. The molecule has 2 atom stereocenters. The van der Waals surface area contributed by atoms with Crippen molar-refractivity contribution in [2.24, 2.45) is 11.8 Å². The number of aliphatic hydroxyl groups is 1. The van der Waals surface area contributed by atoms with Crippen LogP contribution in [0.5, 0.6) is 0 Å². The Kier molecular flexibility index (Phi) is 8.53. The van der Waals surface area contributed by atoms with Crippen molar-refractivity contribution in [3.63, 3.8) is 0 Å². The van der Waals surface area contributed by atoms with Gasteiger partial charge in [-0.3, -0.25) is 0 Å². The van der Waals surface area contributed by atoms with E-state index in [1.54, 1.807) is 0 Å². The van der Waals surface area contributed by atoms with Crippen molar-refractivity contribution in [2.45, 2.75) is 59.3 Å². The summed E-state index contributed by atoms with van der Waals surface area (Å²) in [4.78, 5) is 0. The van der Waals surface area contributed by atoms with Crippen molar-refractivity contribution < 1.29 is 5.11 Å². The van der Waals surface area contributed by atoms with E-state index in [4.69, 9.17) is 5.11 Å². The first-order chi connectivity index (χ1) is 6.20. The van der Waals surface area contributed by atoms with E-state index < -0.39 is 0 Å². The minimum atomic E-state index is 0.354. The Labute approximate surface area is 83.5 Å². The van der Waals surface area contributed by atoms with Gasteiger partial charge in [0.05, 0.1) is 0 Å². The van der Waals surface area contributed by atoms with Gasteiger partial charge in [0.25, 0.3) is 0 Å². The summed E-state index contributed by atoms with van der Waals surface area (Å²) in [7, 11) is 0. The van der Waals surface area contributed by atoms with Crippen LogP contribution in [0.15, 0.2) is 0 Å². The molecule has 0 aromatic rings. The largest absolute Gasteiger partial charge is 0.396 e. The maximum atomic E-state index is 8.72. The van der Waals surface area contributed by atoms with Gasteiger partial charge in [0.2, 0.25) is 0 Å². The second kappa shape index (κ2) is 8.55. The zero-order valence-electron chi connectivity index (χ0n) is 9.55. The van der Waals surface area contributed by atoms with Gasteiger partial charge in [-0.05, 0) is 18.3 Å². The highest BCUT2D eigenvalue weighted by Gasteiger charge is 2.02. The van der Waals surface area contributed by atoms with Crippen molar-refractivity contribution in [2.75, 3.05) is 6.61 Å². The molecule has 0 aliphatic rings. The van der Waals surface area contributed by atoms with Crippen LogP contribution in [0, 0.1) is 11.8 Å². The lowest BCUT2D eigenvalue weighted by Crippen LogP contribution is -1.99. The van der Waals surface area contributed by atoms with E-state index in [-0.39, 0.29) is 0 Å². The van der Waals surface area contributed by atoms with E-state index >= 15 is 0 Å². The van der Waals surface area contributed by atoms with Gasteiger partial charge in [-0.15, -0.1) is 0 Å². The van der Waals surface area contributed by atoms with Crippen LogP contribution in [0.2, 0.25) is 0 Å². The number of rotatable bonds is 8. The Morgan fingerprint density at radius 2 is 1.46 bits per heavy atom. The van der Waals surface area contributed by atoms with Gasteiger partial charge in [0.15, 0.2) is 0 Å². The minimum absolute atomic E-state index is 0.354. The molecule has 13 heavy (non-hydrogen) atoms. The average Bonchev–Trinajstić information content (AvgIpc) is 2.12. The van der Waals surface area contributed by atoms with Crippen LogP contribution in [-0.4, -0.2) is 11.7 Å². The molecule has 0 radical (unpaired) electrons. The van der Waals surface area contributed by atoms with E-state index in [0.29, 0.717) is 12.5 Å². The fourth-order valence-corrected chi connectivity index (χ4v) is 1.55. The average molecular weight is 186 g/mol. The van der Waals surface area contributed by atoms with E-state index in [9.17, 15) is 0 Å². The number of aliphatic hydroxyl groups excluding tert-OH is 1. The molecule has 0 amide bonds. The third-order valence-corrected chi connectivity index (χ3v) is 2.96. The quantitative estimate of drug-likeness (QED) is 0.574. The Bertz CT molecular complexity index is 101. The summed E-state index contributed by atoms with van der Waals surface area (Å²) in [6, 6.07) is 0. The topological polar surface area (TPSA) is 20.2 Å². The lowest BCUT2D eigenvalue weighted by Gasteiger charge is -2.11. The fourth-order valence-electron chi connectivity index (χ4n) is 1.55. The van der Waals surface area contributed by atoms with Gasteiger partial charge < -0.3 is 5.11 Å². The highest BCUT2D eigenvalue weighted by molar-refractivity contribution is 4.55. The lowest BCUT2D eigenvalue weighted by atomic mass is 9.96. The van der Waals surface area contributed by atoms with Crippen LogP contribution in [0.25, 0.3) is 0 Å². The summed E-state index contributed by atoms with van der Waals surface area (Å²) in [5.74, 6) is 1.61. The van der Waals surface area contributed by atoms with Gasteiger partial charge in [-0.1, -0.05) is 52.9 Å². The summed E-state index contributed by atoms with van der Waals surface area (Å²) in [6.07, 6.45) is 7.66. The molecule has 1 N–H and O–H groups in total. The molecule has 1 heteroatoms. The molecule has 1 nitrogen and oxygen atoms in total. The van der Waals surface area contributed by atoms with Gasteiger partial charge in [0, 0.05) is 6.61 Å². The highest BCUT2D eigenvalue weighted by atomic mass is 16.3. The molecule has 2 unspecified atom stereocenters. The third kappa shape index (κ3) is 8.29. The molecule has 0 spiro atoms. The van der Waals surface area contributed by atoms with Gasteiger partial charge in [-0.2, -0.15) is 0 Å². The predicted molar refractivity (Wildman–Crippen MR) is 58.8 cm³/mol. The molecule has 0 aromatic carbocycles. The normalized spacial score (nSPS) is 15.7. The standard InChI is InChI=1S/C12H26O/c1-4-11(2)7-5-6-8-12(3)9-10-13/h11-13H,4-10H2,1-3H3. The van der Waals surface area contributed by atoms with E-state index in [1.165, 1.54) is 32.1 Å². The predicted octanol–water partition coefficient (Wildman–Crippen LogP) is 3.61. The van der Waals surface area contributed by atoms with E-state index in [1.807, 2.05) is 0 Å². The Morgan fingerprint density at radius 3 is 1.92 bits per heavy atom. The molecular weight excluding hydrogens is 160 g/mol. The number of hydrogen-bond acceptors (Lipinski definition) is 1. The molecule has 0 fully saturated rings. The van der Waals surface area contributed by atoms with Crippen LogP contribution in [0.4, 0.5) is 0 Å². The zero-order valence-corrected chi connectivity index (χ0v) is 9.55. The Hall–Kier alpha value is -0.0400. The summed E-state index contributed by atoms with van der Waals surface area (Å²) in [5, 5.41) is 8.72. The zero-order chi connectivity index (χ0) is 10.1. The smallest absolute Gasteiger partial charge is 0.0433 e. The molecule has 0 heterocycles. The van der Waals surface area contributed by atoms with Crippen molar-refractivity contribution in [1.82, 2.24) is 0 Å². The van der Waals surface area contributed by atoms with Crippen molar-refractivity contribution in [1.29, 1.82) is 0 Å². The number of unbranched alkanes of at least 4 members (excludes halogenated alkanes) is 1. The maximum absolute atomic E-state index is 8.72. The highest BCUT2D eigenvalue weighted by Crippen LogP contribution is 2.16. The first-order valence-electron chi connectivity index (χ1n) is 5.81. The molecule has 0 saturated heterocycles. The third-order valence-electron chi connectivity index (χ3n) is 2.96. The van der Waals surface area contributed by atoms with Crippen LogP contribution in [0.1, 0.15) is 59.3 Å². The van der Waals surface area contributed by atoms with Crippen LogP contribution in [-0.2, 0) is 0 Å². The fraction of sp³-hybridized carbons (Fsp3) is 1.00. The van der Waals surface area contributed by atoms with Crippen LogP contribution in [0.3, 0.4) is 0 Å². The van der Waals surface area contributed by atoms with Crippen molar-refractivity contribution >= 4 is 0 Å². The van der Waals surface area contributed by atoms with Crippen molar-refractivity contribution in [3.05, 3.63) is 0 Å². The molecule has 0 rings (SSSR count). The molecule has 0 aromatic heterocycles. The summed E-state index contributed by atoms with van der Waals surface area (Å²) >= 11 is 0. The molecule has 0 aliphatic carbocycles. The second-order valence-electron chi connectivity index (χ2n) is 4.42. The monoisotopic (exact) mass is 186 g/mol. The van der Waals surface area contributed by atoms with E-state index in [2.05, 4.69) is 20.8 Å². The SMILES string of the molecule is CCC(C)CCCCC(C)CCO. The second-order valence-corrected chi connectivity index (χ2v) is 4.42. The van der Waals surface area contributed by atoms with Crippen LogP contribution >= 0.6 is 0 Å². The van der Waals surface area contributed by atoms with Crippen LogP contribution < -0.4 is 0 Å². The first kappa shape index (κ1) is 13.0. The Morgan fingerprint density at radius 1 is 0.923 bits per heavy atom. The van der Waals surface area contributed by atoms with E-state index in [0.717, 1.165) is 12.3 Å². The molecule has 80 valence electrons. The Balaban J connectivity index is 3.15. The van der Waals surface area contributed by atoms with Gasteiger partial charge in [-0.25, -0.2) is 0 Å². The first-order valence-corrected chi connectivity index (χ1v) is 5.81. The molecule has 0 saturated carbocycles. The van der Waals surface area contributed by atoms with Crippen molar-refractivity contribution in [3.8, 4) is 0 Å². The minimum Gasteiger partial charge on any atom is -0.396 e. The summed E-state index contributed by atoms with van der Waals surface area (Å²) in [5.41, 5.74) is 0. The molecule has 0 bridgehead atoms. The number of hydrogen-bond donors (Lipinski definition) is 1. The summed E-state index contributed by atoms with van der Waals surface area (Å²) in [6.45, 7) is 7.18. The molecule has 0 aliphatic heterocycles. The lowest BCUT2D eigenvalue weighted by molar-refractivity contribution is 0.256. The molecular formula is C12H26O. The summed E-state index contributed by atoms with van der Waals surface area (Å²) < 4.78 is 0. The van der Waals surface area contributed by atoms with Gasteiger partial charge >= 0.3 is 0 Å².